The number of imidazole rings is 1. The van der Waals surface area contributed by atoms with Crippen molar-refractivity contribution >= 4 is 34.9 Å². The van der Waals surface area contributed by atoms with E-state index in [4.69, 9.17) is 16.7 Å². The molecule has 1 saturated heterocycles. The topological polar surface area (TPSA) is 108 Å². The van der Waals surface area contributed by atoms with Crippen molar-refractivity contribution in [3.05, 3.63) is 70.9 Å². The van der Waals surface area contributed by atoms with Gasteiger partial charge in [-0.3, -0.25) is 10.1 Å². The van der Waals surface area contributed by atoms with E-state index >= 15 is 0 Å². The van der Waals surface area contributed by atoms with Crippen LogP contribution in [0.1, 0.15) is 36.7 Å². The third-order valence-electron chi connectivity index (χ3n) is 6.46. The number of nitrogens with one attached hydrogen (secondary N) is 2. The monoisotopic (exact) mass is 532 g/mol. The van der Waals surface area contributed by atoms with Gasteiger partial charge in [0.15, 0.2) is 5.82 Å². The first-order chi connectivity index (χ1) is 17.7. The summed E-state index contributed by atoms with van der Waals surface area (Å²) in [6, 6.07) is 8.37. The van der Waals surface area contributed by atoms with Gasteiger partial charge in [-0.15, -0.1) is 0 Å². The Morgan fingerprint density at radius 2 is 1.97 bits per heavy atom. The van der Waals surface area contributed by atoms with E-state index in [1.165, 1.54) is 6.08 Å². The van der Waals surface area contributed by atoms with E-state index in [9.17, 15) is 22.8 Å². The van der Waals surface area contributed by atoms with Crippen LogP contribution >= 0.6 is 11.6 Å². The van der Waals surface area contributed by atoms with Crippen molar-refractivity contribution in [2.24, 2.45) is 0 Å². The average Bonchev–Trinajstić information content (AvgIpc) is 3.49. The molecule has 12 heteroatoms. The smallest absolute Gasteiger partial charge is 0.409 e. The maximum absolute atomic E-state index is 14.9. The second kappa shape index (κ2) is 9.81. The van der Waals surface area contributed by atoms with Gasteiger partial charge < -0.3 is 19.7 Å². The minimum atomic E-state index is -3.16. The highest BCUT2D eigenvalue weighted by atomic mass is 35.5. The van der Waals surface area contributed by atoms with Crippen LogP contribution in [0.15, 0.2) is 48.7 Å². The molecule has 2 aromatic carbocycles. The maximum Gasteiger partial charge on any atom is 0.409 e. The number of anilines is 1. The van der Waals surface area contributed by atoms with Gasteiger partial charge in [0.25, 0.3) is 0 Å². The molecule has 1 fully saturated rings. The highest BCUT2D eigenvalue weighted by molar-refractivity contribution is 6.31. The Balaban J connectivity index is 1.39. The SMILES string of the molecule is O=C(O)Nc1ccc(-c2cnc([C@@H]3CC[C@H]4CC(c5c(OC(F)F)ccc(Cl)c5F)=CC(=O)N43)[nH]2)cc1. The molecule has 37 heavy (non-hydrogen) atoms. The molecule has 3 heterocycles. The summed E-state index contributed by atoms with van der Waals surface area (Å²) in [4.78, 5) is 33.3. The normalized spacial score (nSPS) is 19.1. The number of aromatic amines is 1. The van der Waals surface area contributed by atoms with Gasteiger partial charge in [0.1, 0.15) is 11.6 Å². The molecule has 0 saturated carbocycles. The van der Waals surface area contributed by atoms with Crippen LogP contribution in [0.5, 0.6) is 5.75 Å². The molecule has 0 aliphatic carbocycles. The summed E-state index contributed by atoms with van der Waals surface area (Å²) >= 11 is 5.89. The van der Waals surface area contributed by atoms with Crippen molar-refractivity contribution in [1.82, 2.24) is 14.9 Å². The Hall–Kier alpha value is -3.99. The van der Waals surface area contributed by atoms with Gasteiger partial charge in [0.2, 0.25) is 5.91 Å². The van der Waals surface area contributed by atoms with Gasteiger partial charge in [-0.2, -0.15) is 8.78 Å². The zero-order valence-corrected chi connectivity index (χ0v) is 19.8. The maximum atomic E-state index is 14.9. The summed E-state index contributed by atoms with van der Waals surface area (Å²) in [7, 11) is 0. The summed E-state index contributed by atoms with van der Waals surface area (Å²) in [5.41, 5.74) is 1.91. The summed E-state index contributed by atoms with van der Waals surface area (Å²) in [6.07, 6.45) is 3.15. The Bertz CT molecular complexity index is 1390. The Morgan fingerprint density at radius 3 is 2.68 bits per heavy atom. The first kappa shape index (κ1) is 24.7. The summed E-state index contributed by atoms with van der Waals surface area (Å²) in [5.74, 6) is -1.11. The van der Waals surface area contributed by atoms with Crippen LogP contribution in [0.3, 0.4) is 0 Å². The molecule has 1 aromatic heterocycles. The number of alkyl halides is 2. The van der Waals surface area contributed by atoms with E-state index < -0.39 is 24.4 Å². The molecule has 0 bridgehead atoms. The van der Waals surface area contributed by atoms with Crippen molar-refractivity contribution < 1.29 is 32.6 Å². The van der Waals surface area contributed by atoms with E-state index in [1.807, 2.05) is 0 Å². The van der Waals surface area contributed by atoms with Crippen LogP contribution in [0.25, 0.3) is 16.8 Å². The fourth-order valence-corrected chi connectivity index (χ4v) is 5.09. The second-order valence-electron chi connectivity index (χ2n) is 8.67. The van der Waals surface area contributed by atoms with Crippen molar-refractivity contribution in [3.8, 4) is 17.0 Å². The van der Waals surface area contributed by atoms with Gasteiger partial charge >= 0.3 is 12.7 Å². The molecule has 0 spiro atoms. The van der Waals surface area contributed by atoms with E-state index in [1.54, 1.807) is 35.4 Å². The molecule has 0 radical (unpaired) electrons. The summed E-state index contributed by atoms with van der Waals surface area (Å²) < 4.78 is 45.2. The molecular weight excluding hydrogens is 513 g/mol. The lowest BCUT2D eigenvalue weighted by atomic mass is 9.93. The zero-order chi connectivity index (χ0) is 26.3. The van der Waals surface area contributed by atoms with Crippen molar-refractivity contribution in [1.29, 1.82) is 0 Å². The van der Waals surface area contributed by atoms with E-state index in [2.05, 4.69) is 20.0 Å². The lowest BCUT2D eigenvalue weighted by molar-refractivity contribution is -0.129. The number of H-pyrrole nitrogens is 1. The Labute approximate surface area is 213 Å². The predicted octanol–water partition coefficient (Wildman–Crippen LogP) is 6.08. The fourth-order valence-electron chi connectivity index (χ4n) is 4.93. The molecular formula is C25H20ClF3N4O4. The lowest BCUT2D eigenvalue weighted by Gasteiger charge is -2.33. The molecule has 2 amide bonds. The number of aromatic nitrogens is 2. The van der Waals surface area contributed by atoms with Gasteiger partial charge in [-0.25, -0.2) is 14.2 Å². The molecule has 3 aromatic rings. The van der Waals surface area contributed by atoms with Crippen LogP contribution in [0, 0.1) is 5.82 Å². The summed E-state index contributed by atoms with van der Waals surface area (Å²) in [5, 5.41) is 10.8. The number of fused-ring (bicyclic) bond motifs is 1. The van der Waals surface area contributed by atoms with Crippen molar-refractivity contribution in [2.45, 2.75) is 38.0 Å². The van der Waals surface area contributed by atoms with E-state index in [0.29, 0.717) is 30.0 Å². The second-order valence-corrected chi connectivity index (χ2v) is 9.08. The number of carboxylic acid groups (broad SMARTS) is 1. The molecule has 2 atom stereocenters. The van der Waals surface area contributed by atoms with Crippen LogP contribution in [-0.2, 0) is 4.79 Å². The number of halogens is 4. The van der Waals surface area contributed by atoms with Crippen LogP contribution in [-0.4, -0.2) is 44.6 Å². The Morgan fingerprint density at radius 1 is 1.22 bits per heavy atom. The van der Waals surface area contributed by atoms with E-state index in [-0.39, 0.29) is 40.4 Å². The number of rotatable bonds is 6. The Kier molecular flexibility index (Phi) is 6.55. The number of amides is 2. The van der Waals surface area contributed by atoms with Crippen LogP contribution in [0.2, 0.25) is 5.02 Å². The molecule has 192 valence electrons. The molecule has 3 N–H and O–H groups in total. The number of carbonyl (C=O) groups excluding carboxylic acids is 1. The zero-order valence-electron chi connectivity index (χ0n) is 19.1. The minimum absolute atomic E-state index is 0.231. The van der Waals surface area contributed by atoms with Gasteiger partial charge in [0.05, 0.1) is 28.5 Å². The van der Waals surface area contributed by atoms with E-state index in [0.717, 1.165) is 17.7 Å². The first-order valence-corrected chi connectivity index (χ1v) is 11.7. The first-order valence-electron chi connectivity index (χ1n) is 11.3. The van der Waals surface area contributed by atoms with Crippen LogP contribution in [0.4, 0.5) is 23.7 Å². The highest BCUT2D eigenvalue weighted by Gasteiger charge is 2.42. The molecule has 0 unspecified atom stereocenters. The van der Waals surface area contributed by atoms with Gasteiger partial charge in [-0.05, 0) is 54.7 Å². The number of hydrogen-bond donors (Lipinski definition) is 3. The number of benzene rings is 2. The van der Waals surface area contributed by atoms with Crippen molar-refractivity contribution in [2.75, 3.05) is 5.32 Å². The number of ether oxygens (including phenoxy) is 1. The molecule has 5 rings (SSSR count). The number of hydrogen-bond acceptors (Lipinski definition) is 4. The number of carbonyl (C=O) groups is 2. The van der Waals surface area contributed by atoms with Crippen molar-refractivity contribution in [3.63, 3.8) is 0 Å². The predicted molar refractivity (Wildman–Crippen MR) is 129 cm³/mol. The average molecular weight is 533 g/mol. The fraction of sp³-hybridized carbons (Fsp3) is 0.240. The molecule has 2 aliphatic heterocycles. The molecule has 2 aliphatic rings. The minimum Gasteiger partial charge on any atom is -0.465 e. The third-order valence-corrected chi connectivity index (χ3v) is 6.75. The van der Waals surface area contributed by atoms with Gasteiger partial charge in [-0.1, -0.05) is 23.7 Å². The quantitative estimate of drug-likeness (QED) is 0.356. The molecule has 8 nitrogen and oxygen atoms in total. The standard InChI is InChI=1S/C25H20ClF3N4O4/c26-16-6-8-19(37-24(28)29)21(22(16)27)13-9-15-5-7-18(33(15)20(34)10-13)23-30-11-17(32-23)12-1-3-14(4-2-12)31-25(35)36/h1-4,6,8,10-11,15,18,24,31H,5,7,9H2,(H,30,32)(H,35,36)/t15-,18-/m0/s1. The van der Waals surface area contributed by atoms with Crippen LogP contribution < -0.4 is 10.1 Å². The number of nitrogens with zero attached hydrogens (tertiary/aromatic N) is 2. The summed E-state index contributed by atoms with van der Waals surface area (Å²) in [6.45, 7) is -3.16. The largest absolute Gasteiger partial charge is 0.465 e. The lowest BCUT2D eigenvalue weighted by Crippen LogP contribution is -2.39. The highest BCUT2D eigenvalue weighted by Crippen LogP contribution is 2.45. The van der Waals surface area contributed by atoms with Gasteiger partial charge in [0, 0.05) is 17.8 Å². The third kappa shape index (κ3) is 4.86.